The van der Waals surface area contributed by atoms with Gasteiger partial charge in [0.1, 0.15) is 11.5 Å². The molecule has 0 fully saturated rings. The molecule has 0 aliphatic heterocycles. The SMILES string of the molecule is Cc1cnc(-c2cccnn2)o1. The molecule has 0 aliphatic rings. The van der Waals surface area contributed by atoms with Crippen LogP contribution in [-0.2, 0) is 0 Å². The van der Waals surface area contributed by atoms with Crippen molar-refractivity contribution in [3.63, 3.8) is 0 Å². The maximum atomic E-state index is 5.26. The molecule has 60 valence electrons. The first-order valence-corrected chi connectivity index (χ1v) is 3.57. The molecular formula is C8H7N3O. The van der Waals surface area contributed by atoms with Gasteiger partial charge in [-0.25, -0.2) is 4.98 Å². The molecule has 2 rings (SSSR count). The summed E-state index contributed by atoms with van der Waals surface area (Å²) in [6.07, 6.45) is 3.27. The van der Waals surface area contributed by atoms with Crippen LogP contribution in [-0.4, -0.2) is 15.2 Å². The number of oxazole rings is 1. The Morgan fingerprint density at radius 2 is 2.33 bits per heavy atom. The lowest BCUT2D eigenvalue weighted by atomic mass is 10.4. The summed E-state index contributed by atoms with van der Waals surface area (Å²) in [7, 11) is 0. The van der Waals surface area contributed by atoms with E-state index in [4.69, 9.17) is 4.42 Å². The van der Waals surface area contributed by atoms with Gasteiger partial charge in [-0.1, -0.05) is 0 Å². The van der Waals surface area contributed by atoms with Crippen LogP contribution in [0.3, 0.4) is 0 Å². The second-order valence-electron chi connectivity index (χ2n) is 2.38. The zero-order valence-electron chi connectivity index (χ0n) is 6.56. The van der Waals surface area contributed by atoms with E-state index in [0.29, 0.717) is 11.6 Å². The summed E-state index contributed by atoms with van der Waals surface area (Å²) in [4.78, 5) is 4.02. The number of hydrogen-bond acceptors (Lipinski definition) is 4. The molecule has 4 nitrogen and oxygen atoms in total. The van der Waals surface area contributed by atoms with E-state index in [9.17, 15) is 0 Å². The Hall–Kier alpha value is -1.71. The highest BCUT2D eigenvalue weighted by atomic mass is 16.4. The fourth-order valence-electron chi connectivity index (χ4n) is 0.889. The fraction of sp³-hybridized carbons (Fsp3) is 0.125. The number of nitrogens with zero attached hydrogens (tertiary/aromatic N) is 3. The highest BCUT2D eigenvalue weighted by Crippen LogP contribution is 2.14. The molecule has 12 heavy (non-hydrogen) atoms. The minimum atomic E-state index is 0.514. The van der Waals surface area contributed by atoms with Crippen molar-refractivity contribution in [3.05, 3.63) is 30.3 Å². The molecule has 0 spiro atoms. The van der Waals surface area contributed by atoms with E-state index < -0.39 is 0 Å². The van der Waals surface area contributed by atoms with Crippen molar-refractivity contribution in [2.45, 2.75) is 6.92 Å². The largest absolute Gasteiger partial charge is 0.440 e. The van der Waals surface area contributed by atoms with Crippen LogP contribution >= 0.6 is 0 Å². The van der Waals surface area contributed by atoms with Gasteiger partial charge in [0.05, 0.1) is 6.20 Å². The van der Waals surface area contributed by atoms with Crippen molar-refractivity contribution in [2.75, 3.05) is 0 Å². The first-order chi connectivity index (χ1) is 5.86. The Bertz CT molecular complexity index is 369. The van der Waals surface area contributed by atoms with Crippen molar-refractivity contribution in [1.29, 1.82) is 0 Å². The average Bonchev–Trinajstić information content (AvgIpc) is 2.54. The van der Waals surface area contributed by atoms with Crippen molar-refractivity contribution < 1.29 is 4.42 Å². The summed E-state index contributed by atoms with van der Waals surface area (Å²) in [5.74, 6) is 1.29. The predicted molar refractivity (Wildman–Crippen MR) is 42.3 cm³/mol. The van der Waals surface area contributed by atoms with Gasteiger partial charge in [-0.05, 0) is 19.1 Å². The van der Waals surface area contributed by atoms with E-state index >= 15 is 0 Å². The van der Waals surface area contributed by atoms with Gasteiger partial charge in [-0.15, -0.1) is 5.10 Å². The van der Waals surface area contributed by atoms with Crippen molar-refractivity contribution >= 4 is 0 Å². The van der Waals surface area contributed by atoms with E-state index in [2.05, 4.69) is 15.2 Å². The summed E-state index contributed by atoms with van der Waals surface area (Å²) < 4.78 is 5.26. The lowest BCUT2D eigenvalue weighted by Crippen LogP contribution is -1.84. The third-order valence-electron chi connectivity index (χ3n) is 1.41. The summed E-state index contributed by atoms with van der Waals surface area (Å²) in [6.45, 7) is 1.84. The van der Waals surface area contributed by atoms with Gasteiger partial charge in [-0.3, -0.25) is 0 Å². The lowest BCUT2D eigenvalue weighted by Gasteiger charge is -1.89. The normalized spacial score (nSPS) is 10.1. The van der Waals surface area contributed by atoms with Crippen LogP contribution in [0, 0.1) is 6.92 Å². The lowest BCUT2D eigenvalue weighted by molar-refractivity contribution is 0.539. The Balaban J connectivity index is 2.45. The van der Waals surface area contributed by atoms with Gasteiger partial charge < -0.3 is 4.42 Å². The van der Waals surface area contributed by atoms with Gasteiger partial charge in [0.15, 0.2) is 0 Å². The van der Waals surface area contributed by atoms with E-state index in [1.165, 1.54) is 0 Å². The van der Waals surface area contributed by atoms with Crippen molar-refractivity contribution in [2.24, 2.45) is 0 Å². The highest BCUT2D eigenvalue weighted by Gasteiger charge is 2.04. The second kappa shape index (κ2) is 2.73. The third kappa shape index (κ3) is 1.18. The molecule has 0 bridgehead atoms. The molecule has 0 saturated carbocycles. The van der Waals surface area contributed by atoms with E-state index in [1.807, 2.05) is 6.92 Å². The minimum Gasteiger partial charge on any atom is -0.440 e. The van der Waals surface area contributed by atoms with Crippen LogP contribution in [0.1, 0.15) is 5.76 Å². The molecule has 0 N–H and O–H groups in total. The van der Waals surface area contributed by atoms with Gasteiger partial charge in [0.25, 0.3) is 0 Å². The Morgan fingerprint density at radius 3 is 2.92 bits per heavy atom. The molecule has 2 heterocycles. The van der Waals surface area contributed by atoms with E-state index in [-0.39, 0.29) is 0 Å². The highest BCUT2D eigenvalue weighted by molar-refractivity contribution is 5.44. The van der Waals surface area contributed by atoms with Crippen LogP contribution in [0.25, 0.3) is 11.6 Å². The van der Waals surface area contributed by atoms with Gasteiger partial charge in [0, 0.05) is 6.20 Å². The Kier molecular flexibility index (Phi) is 1.59. The minimum absolute atomic E-state index is 0.514. The van der Waals surface area contributed by atoms with Crippen LogP contribution in [0.4, 0.5) is 0 Å². The smallest absolute Gasteiger partial charge is 0.247 e. The quantitative estimate of drug-likeness (QED) is 0.635. The maximum Gasteiger partial charge on any atom is 0.247 e. The Labute approximate surface area is 69.3 Å². The molecule has 2 aromatic rings. The fourth-order valence-corrected chi connectivity index (χ4v) is 0.889. The van der Waals surface area contributed by atoms with Gasteiger partial charge in [0.2, 0.25) is 5.89 Å². The second-order valence-corrected chi connectivity index (χ2v) is 2.38. The molecule has 0 amide bonds. The summed E-state index contributed by atoms with van der Waals surface area (Å²) in [5.41, 5.74) is 0.658. The standard InChI is InChI=1S/C8H7N3O/c1-6-5-9-8(12-6)7-3-2-4-10-11-7/h2-5H,1H3. The predicted octanol–water partition coefficient (Wildman–Crippen LogP) is 1.44. The zero-order chi connectivity index (χ0) is 8.39. The first-order valence-electron chi connectivity index (χ1n) is 3.57. The van der Waals surface area contributed by atoms with Gasteiger partial charge in [-0.2, -0.15) is 5.10 Å². The summed E-state index contributed by atoms with van der Waals surface area (Å²) >= 11 is 0. The van der Waals surface area contributed by atoms with Crippen LogP contribution in [0.2, 0.25) is 0 Å². The molecular weight excluding hydrogens is 154 g/mol. The molecule has 0 aromatic carbocycles. The van der Waals surface area contributed by atoms with Gasteiger partial charge >= 0.3 is 0 Å². The van der Waals surface area contributed by atoms with E-state index in [1.54, 1.807) is 24.5 Å². The van der Waals surface area contributed by atoms with Crippen molar-refractivity contribution in [1.82, 2.24) is 15.2 Å². The molecule has 0 saturated heterocycles. The number of aryl methyl sites for hydroxylation is 1. The average molecular weight is 161 g/mol. The van der Waals surface area contributed by atoms with Crippen LogP contribution in [0.15, 0.2) is 28.9 Å². The van der Waals surface area contributed by atoms with Crippen molar-refractivity contribution in [3.8, 4) is 11.6 Å². The monoisotopic (exact) mass is 161 g/mol. The zero-order valence-corrected chi connectivity index (χ0v) is 6.56. The van der Waals surface area contributed by atoms with E-state index in [0.717, 1.165) is 5.76 Å². The molecule has 0 aliphatic carbocycles. The molecule has 0 radical (unpaired) electrons. The molecule has 4 heteroatoms. The Morgan fingerprint density at radius 1 is 1.42 bits per heavy atom. The number of rotatable bonds is 1. The van der Waals surface area contributed by atoms with Crippen LogP contribution < -0.4 is 0 Å². The molecule has 0 unspecified atom stereocenters. The summed E-state index contributed by atoms with van der Waals surface area (Å²) in [6, 6.07) is 3.60. The maximum absolute atomic E-state index is 5.26. The molecule has 2 aromatic heterocycles. The topological polar surface area (TPSA) is 51.8 Å². The molecule has 0 atom stereocenters. The first kappa shape index (κ1) is 6.97. The third-order valence-corrected chi connectivity index (χ3v) is 1.41. The summed E-state index contributed by atoms with van der Waals surface area (Å²) in [5, 5.41) is 7.58. The number of aromatic nitrogens is 3. The number of hydrogen-bond donors (Lipinski definition) is 0. The van der Waals surface area contributed by atoms with Crippen LogP contribution in [0.5, 0.6) is 0 Å².